The second-order valence-corrected chi connectivity index (χ2v) is 6.03. The summed E-state index contributed by atoms with van der Waals surface area (Å²) in [5.41, 5.74) is 6.98. The van der Waals surface area contributed by atoms with Crippen molar-refractivity contribution in [2.75, 3.05) is 5.73 Å². The Morgan fingerprint density at radius 1 is 1.36 bits per heavy atom. The van der Waals surface area contributed by atoms with E-state index in [-0.39, 0.29) is 11.0 Å². The first-order chi connectivity index (χ1) is 6.58. The van der Waals surface area contributed by atoms with E-state index < -0.39 is 9.84 Å². The van der Waals surface area contributed by atoms with Crippen molar-refractivity contribution in [2.24, 2.45) is 0 Å². The Hall–Kier alpha value is -1.03. The molecule has 76 valence electrons. The van der Waals surface area contributed by atoms with E-state index in [1.165, 1.54) is 0 Å². The average Bonchev–Trinajstić information content (AvgIpc) is 2.84. The zero-order valence-corrected chi connectivity index (χ0v) is 8.63. The van der Waals surface area contributed by atoms with E-state index in [1.54, 1.807) is 24.3 Å². The van der Waals surface area contributed by atoms with Gasteiger partial charge in [0.1, 0.15) is 0 Å². The molecule has 4 heteroatoms. The summed E-state index contributed by atoms with van der Waals surface area (Å²) in [6.45, 7) is 0. The van der Waals surface area contributed by atoms with Gasteiger partial charge in [-0.25, -0.2) is 8.42 Å². The lowest BCUT2D eigenvalue weighted by molar-refractivity contribution is 0.594. The smallest absolute Gasteiger partial charge is 0.157 e. The normalized spacial score (nSPS) is 16.9. The molecular formula is C10H13NO2S. The molecule has 0 aliphatic heterocycles. The highest BCUT2D eigenvalue weighted by Gasteiger charge is 2.35. The molecule has 1 aliphatic carbocycles. The molecule has 1 saturated carbocycles. The highest BCUT2D eigenvalue weighted by molar-refractivity contribution is 7.91. The fourth-order valence-electron chi connectivity index (χ4n) is 1.46. The first-order valence-corrected chi connectivity index (χ1v) is 6.35. The highest BCUT2D eigenvalue weighted by atomic mass is 32.2. The van der Waals surface area contributed by atoms with Gasteiger partial charge >= 0.3 is 0 Å². The lowest BCUT2D eigenvalue weighted by Gasteiger charge is -2.03. The van der Waals surface area contributed by atoms with Gasteiger partial charge in [0.05, 0.1) is 11.0 Å². The van der Waals surface area contributed by atoms with Crippen LogP contribution in [0.5, 0.6) is 0 Å². The maximum Gasteiger partial charge on any atom is 0.157 e. The predicted octanol–water partition coefficient (Wildman–Crippen LogP) is 1.35. The average molecular weight is 211 g/mol. The molecule has 2 N–H and O–H groups in total. The molecule has 0 aromatic heterocycles. The summed E-state index contributed by atoms with van der Waals surface area (Å²) < 4.78 is 23.3. The molecule has 1 aliphatic rings. The van der Waals surface area contributed by atoms with Crippen molar-refractivity contribution >= 4 is 15.5 Å². The number of hydrogen-bond donors (Lipinski definition) is 1. The van der Waals surface area contributed by atoms with Gasteiger partial charge in [0.2, 0.25) is 0 Å². The number of nitrogen functional groups attached to an aromatic ring is 1. The molecule has 0 atom stereocenters. The van der Waals surface area contributed by atoms with Crippen LogP contribution >= 0.6 is 0 Å². The first kappa shape index (κ1) is 9.52. The van der Waals surface area contributed by atoms with E-state index in [4.69, 9.17) is 5.73 Å². The Balaban J connectivity index is 2.18. The van der Waals surface area contributed by atoms with Crippen LogP contribution in [0, 0.1) is 0 Å². The maximum atomic E-state index is 11.6. The number of benzene rings is 1. The van der Waals surface area contributed by atoms with Crippen molar-refractivity contribution in [1.29, 1.82) is 0 Å². The highest BCUT2D eigenvalue weighted by Crippen LogP contribution is 2.30. The van der Waals surface area contributed by atoms with Crippen LogP contribution in [0.3, 0.4) is 0 Å². The van der Waals surface area contributed by atoms with Crippen molar-refractivity contribution in [1.82, 2.24) is 0 Å². The van der Waals surface area contributed by atoms with Crippen molar-refractivity contribution < 1.29 is 8.42 Å². The van der Waals surface area contributed by atoms with Crippen molar-refractivity contribution in [2.45, 2.75) is 23.8 Å². The summed E-state index contributed by atoms with van der Waals surface area (Å²) in [6.07, 6.45) is 1.65. The van der Waals surface area contributed by atoms with Crippen LogP contribution in [-0.2, 0) is 15.6 Å². The van der Waals surface area contributed by atoms with Gasteiger partial charge < -0.3 is 5.73 Å². The van der Waals surface area contributed by atoms with Crippen LogP contribution in [0.25, 0.3) is 0 Å². The van der Waals surface area contributed by atoms with E-state index in [2.05, 4.69) is 0 Å². The van der Waals surface area contributed by atoms with Crippen LogP contribution in [0.4, 0.5) is 5.69 Å². The molecule has 0 radical (unpaired) electrons. The third-order valence-corrected chi connectivity index (χ3v) is 4.57. The summed E-state index contributed by atoms with van der Waals surface area (Å²) in [4.78, 5) is 0. The summed E-state index contributed by atoms with van der Waals surface area (Å²) in [5.74, 6) is 0.128. The zero-order valence-electron chi connectivity index (χ0n) is 7.81. The number of sulfone groups is 1. The fourth-order valence-corrected chi connectivity index (χ4v) is 3.19. The molecular weight excluding hydrogens is 198 g/mol. The molecule has 3 nitrogen and oxygen atoms in total. The predicted molar refractivity (Wildman–Crippen MR) is 56.5 cm³/mol. The SMILES string of the molecule is Nc1cccc(CS(=O)(=O)C2CC2)c1. The molecule has 1 fully saturated rings. The van der Waals surface area contributed by atoms with Gasteiger partial charge in [-0.15, -0.1) is 0 Å². The Labute approximate surface area is 83.9 Å². The largest absolute Gasteiger partial charge is 0.399 e. The molecule has 0 unspecified atom stereocenters. The maximum absolute atomic E-state index is 11.6. The van der Waals surface area contributed by atoms with Crippen LogP contribution in [0.1, 0.15) is 18.4 Å². The van der Waals surface area contributed by atoms with E-state index in [1.807, 2.05) is 0 Å². The van der Waals surface area contributed by atoms with E-state index in [0.29, 0.717) is 5.69 Å². The number of hydrogen-bond acceptors (Lipinski definition) is 3. The first-order valence-electron chi connectivity index (χ1n) is 4.64. The lowest BCUT2D eigenvalue weighted by atomic mass is 10.2. The van der Waals surface area contributed by atoms with Gasteiger partial charge in [-0.2, -0.15) is 0 Å². The summed E-state index contributed by atoms with van der Waals surface area (Å²) >= 11 is 0. The third-order valence-electron chi connectivity index (χ3n) is 2.35. The van der Waals surface area contributed by atoms with Gasteiger partial charge in [0, 0.05) is 5.69 Å². The molecule has 0 spiro atoms. The molecule has 0 amide bonds. The van der Waals surface area contributed by atoms with Crippen molar-refractivity contribution in [3.63, 3.8) is 0 Å². The minimum absolute atomic E-state index is 0.0936. The quantitative estimate of drug-likeness (QED) is 0.768. The Bertz CT molecular complexity index is 435. The fraction of sp³-hybridized carbons (Fsp3) is 0.400. The number of rotatable bonds is 3. The monoisotopic (exact) mass is 211 g/mol. The topological polar surface area (TPSA) is 60.2 Å². The second-order valence-electron chi connectivity index (χ2n) is 3.75. The van der Waals surface area contributed by atoms with Crippen LogP contribution < -0.4 is 5.73 Å². The number of anilines is 1. The summed E-state index contributed by atoms with van der Waals surface area (Å²) in [6, 6.07) is 7.07. The van der Waals surface area contributed by atoms with Gasteiger partial charge in [-0.05, 0) is 30.5 Å². The van der Waals surface area contributed by atoms with E-state index in [9.17, 15) is 8.42 Å². The lowest BCUT2D eigenvalue weighted by Crippen LogP contribution is -2.09. The Kier molecular flexibility index (Phi) is 2.23. The molecule has 14 heavy (non-hydrogen) atoms. The van der Waals surface area contributed by atoms with E-state index in [0.717, 1.165) is 18.4 Å². The van der Waals surface area contributed by atoms with Crippen molar-refractivity contribution in [3.05, 3.63) is 29.8 Å². The van der Waals surface area contributed by atoms with Crippen LogP contribution in [0.2, 0.25) is 0 Å². The van der Waals surface area contributed by atoms with Crippen LogP contribution in [0.15, 0.2) is 24.3 Å². The molecule has 2 rings (SSSR count). The third kappa shape index (κ3) is 2.07. The Morgan fingerprint density at radius 3 is 2.64 bits per heavy atom. The Morgan fingerprint density at radius 2 is 2.07 bits per heavy atom. The standard InChI is InChI=1S/C10H13NO2S/c11-9-3-1-2-8(6-9)7-14(12,13)10-4-5-10/h1-3,6,10H,4-5,7,11H2. The van der Waals surface area contributed by atoms with E-state index >= 15 is 0 Å². The zero-order chi connectivity index (χ0) is 10.2. The molecule has 0 heterocycles. The molecule has 1 aromatic rings. The number of nitrogens with two attached hydrogens (primary N) is 1. The molecule has 1 aromatic carbocycles. The van der Waals surface area contributed by atoms with Gasteiger partial charge in [-0.3, -0.25) is 0 Å². The van der Waals surface area contributed by atoms with Crippen LogP contribution in [-0.4, -0.2) is 13.7 Å². The summed E-state index contributed by atoms with van der Waals surface area (Å²) in [7, 11) is -2.91. The summed E-state index contributed by atoms with van der Waals surface area (Å²) in [5, 5.41) is -0.0936. The van der Waals surface area contributed by atoms with Crippen molar-refractivity contribution in [3.8, 4) is 0 Å². The minimum atomic E-state index is -2.91. The van der Waals surface area contributed by atoms with Gasteiger partial charge in [0.25, 0.3) is 0 Å². The van der Waals surface area contributed by atoms with Gasteiger partial charge in [-0.1, -0.05) is 12.1 Å². The van der Waals surface area contributed by atoms with Gasteiger partial charge in [0.15, 0.2) is 9.84 Å². The minimum Gasteiger partial charge on any atom is -0.399 e. The molecule has 0 saturated heterocycles. The molecule has 0 bridgehead atoms. The second kappa shape index (κ2) is 3.28.